The van der Waals surface area contributed by atoms with Gasteiger partial charge in [0.1, 0.15) is 19.3 Å². The van der Waals surface area contributed by atoms with Crippen LogP contribution in [0.25, 0.3) is 0 Å². The van der Waals surface area contributed by atoms with Gasteiger partial charge in [-0.25, -0.2) is 9.13 Å². The molecule has 0 bridgehead atoms. The molecule has 5 atom stereocenters. The van der Waals surface area contributed by atoms with E-state index in [0.717, 1.165) is 89.9 Å². The van der Waals surface area contributed by atoms with Crippen molar-refractivity contribution in [1.82, 2.24) is 0 Å². The number of unbranched alkanes of at least 4 members (excludes halogenated alkanes) is 39. The number of hydrogen-bond acceptors (Lipinski definition) is 15. The molecule has 0 radical (unpaired) electrons. The number of phosphoric acid groups is 2. The molecule has 492 valence electrons. The molecule has 0 heterocycles. The van der Waals surface area contributed by atoms with Crippen molar-refractivity contribution in [3.8, 4) is 0 Å². The Hall–Kier alpha value is -1.94. The summed E-state index contributed by atoms with van der Waals surface area (Å²) >= 11 is 0. The van der Waals surface area contributed by atoms with Gasteiger partial charge in [0.25, 0.3) is 0 Å². The molecule has 0 amide bonds. The normalized spacial score (nSPS) is 14.2. The molecule has 3 N–H and O–H groups in total. The lowest BCUT2D eigenvalue weighted by Crippen LogP contribution is -2.30. The summed E-state index contributed by atoms with van der Waals surface area (Å²) in [5.74, 6) is -2.13. The highest BCUT2D eigenvalue weighted by Crippen LogP contribution is 2.45. The van der Waals surface area contributed by atoms with Gasteiger partial charge in [-0.3, -0.25) is 37.3 Å². The Morgan fingerprint density at radius 3 is 0.711 bits per heavy atom. The van der Waals surface area contributed by atoms with Gasteiger partial charge in [0, 0.05) is 25.7 Å². The smallest absolute Gasteiger partial charge is 0.462 e. The Balaban J connectivity index is 5.22. The van der Waals surface area contributed by atoms with Gasteiger partial charge in [-0.2, -0.15) is 0 Å². The van der Waals surface area contributed by atoms with Gasteiger partial charge in [-0.15, -0.1) is 0 Å². The van der Waals surface area contributed by atoms with E-state index in [0.29, 0.717) is 25.7 Å². The third-order valence-corrected chi connectivity index (χ3v) is 16.8. The largest absolute Gasteiger partial charge is 0.472 e. The van der Waals surface area contributed by atoms with E-state index in [1.165, 1.54) is 161 Å². The van der Waals surface area contributed by atoms with Crippen LogP contribution in [0.4, 0.5) is 0 Å². The zero-order chi connectivity index (χ0) is 61.2. The molecular formula is C64H124O17P2. The first-order valence-electron chi connectivity index (χ1n) is 33.8. The number of ether oxygens (including phenoxy) is 4. The van der Waals surface area contributed by atoms with Crippen LogP contribution in [0.3, 0.4) is 0 Å². The number of hydrogen-bond donors (Lipinski definition) is 3. The van der Waals surface area contributed by atoms with Crippen molar-refractivity contribution in [2.45, 2.75) is 348 Å². The summed E-state index contributed by atoms with van der Waals surface area (Å²) < 4.78 is 67.9. The van der Waals surface area contributed by atoms with Crippen LogP contribution >= 0.6 is 15.6 Å². The van der Waals surface area contributed by atoms with Crippen molar-refractivity contribution in [1.29, 1.82) is 0 Å². The fraction of sp³-hybridized carbons (Fsp3) is 0.938. The monoisotopic (exact) mass is 1230 g/mol. The van der Waals surface area contributed by atoms with Crippen molar-refractivity contribution in [3.05, 3.63) is 0 Å². The number of aliphatic hydroxyl groups excluding tert-OH is 1. The van der Waals surface area contributed by atoms with E-state index in [4.69, 9.17) is 37.0 Å². The van der Waals surface area contributed by atoms with Crippen LogP contribution in [0, 0.1) is 0 Å². The molecule has 0 aromatic heterocycles. The summed E-state index contributed by atoms with van der Waals surface area (Å²) in [4.78, 5) is 72.1. The number of carbonyl (C=O) groups excluding carboxylic acids is 4. The summed E-state index contributed by atoms with van der Waals surface area (Å²) in [5.41, 5.74) is 0. The van der Waals surface area contributed by atoms with Crippen molar-refractivity contribution in [2.24, 2.45) is 0 Å². The highest BCUT2D eigenvalue weighted by atomic mass is 31.2. The second-order valence-electron chi connectivity index (χ2n) is 23.2. The lowest BCUT2D eigenvalue weighted by molar-refractivity contribution is -0.161. The van der Waals surface area contributed by atoms with Crippen LogP contribution in [-0.4, -0.2) is 96.7 Å². The van der Waals surface area contributed by atoms with Crippen LogP contribution in [0.15, 0.2) is 0 Å². The van der Waals surface area contributed by atoms with Gasteiger partial charge in [-0.05, 0) is 25.7 Å². The average molecular weight is 1230 g/mol. The summed E-state index contributed by atoms with van der Waals surface area (Å²) in [6.07, 6.45) is 44.3. The molecule has 0 fully saturated rings. The van der Waals surface area contributed by atoms with Crippen molar-refractivity contribution < 1.29 is 80.2 Å². The Morgan fingerprint density at radius 1 is 0.289 bits per heavy atom. The van der Waals surface area contributed by atoms with E-state index < -0.39 is 97.5 Å². The molecule has 0 aromatic carbocycles. The standard InChI is InChI=1S/C64H124O17P2/c1-5-9-13-17-21-25-27-29-31-35-39-43-47-51-64(69)81-60(55-75-62(67)49-45-41-37-34-30-28-26-22-18-14-10-6-2)57-79-83(72,73)77-53-58(65)52-76-82(70,71)78-56-59(80-63(68)50-46-42-38-33-24-20-16-12-8-4)54-74-61(66)48-44-40-36-32-23-19-15-11-7-3/h58-60,65H,5-57H2,1-4H3,(H,70,71)(H,72,73)/t58-,59+,60+/m0/s1. The first-order valence-corrected chi connectivity index (χ1v) is 36.8. The summed E-state index contributed by atoms with van der Waals surface area (Å²) in [6, 6.07) is 0. The van der Waals surface area contributed by atoms with Crippen LogP contribution in [0.5, 0.6) is 0 Å². The van der Waals surface area contributed by atoms with E-state index in [1.54, 1.807) is 0 Å². The highest BCUT2D eigenvalue weighted by Gasteiger charge is 2.30. The number of rotatable bonds is 65. The Kier molecular flexibility index (Phi) is 57.7. The minimum Gasteiger partial charge on any atom is -0.462 e. The van der Waals surface area contributed by atoms with Gasteiger partial charge in [-0.1, -0.05) is 278 Å². The molecule has 0 saturated carbocycles. The van der Waals surface area contributed by atoms with Crippen LogP contribution < -0.4 is 0 Å². The van der Waals surface area contributed by atoms with Crippen molar-refractivity contribution in [3.63, 3.8) is 0 Å². The predicted molar refractivity (Wildman–Crippen MR) is 331 cm³/mol. The fourth-order valence-electron chi connectivity index (χ4n) is 9.63. The van der Waals surface area contributed by atoms with Gasteiger partial charge >= 0.3 is 39.5 Å². The molecular weight excluding hydrogens is 1100 g/mol. The Morgan fingerprint density at radius 2 is 0.482 bits per heavy atom. The maximum atomic E-state index is 13.0. The lowest BCUT2D eigenvalue weighted by Gasteiger charge is -2.21. The molecule has 0 aliphatic rings. The first-order chi connectivity index (χ1) is 40.2. The number of carbonyl (C=O) groups is 4. The van der Waals surface area contributed by atoms with E-state index in [2.05, 4.69) is 27.7 Å². The molecule has 0 aromatic rings. The molecule has 0 aliphatic carbocycles. The Labute approximate surface area is 505 Å². The minimum atomic E-state index is -4.94. The van der Waals surface area contributed by atoms with Gasteiger partial charge in [0.2, 0.25) is 0 Å². The molecule has 17 nitrogen and oxygen atoms in total. The van der Waals surface area contributed by atoms with E-state index >= 15 is 0 Å². The number of phosphoric ester groups is 2. The van der Waals surface area contributed by atoms with Gasteiger partial charge < -0.3 is 33.8 Å². The summed E-state index contributed by atoms with van der Waals surface area (Å²) in [7, 11) is -9.88. The molecule has 83 heavy (non-hydrogen) atoms. The number of aliphatic hydroxyl groups is 1. The van der Waals surface area contributed by atoms with Crippen LogP contribution in [-0.2, 0) is 65.4 Å². The van der Waals surface area contributed by atoms with E-state index in [1.807, 2.05) is 0 Å². The molecule has 0 rings (SSSR count). The zero-order valence-corrected chi connectivity index (χ0v) is 54.9. The maximum Gasteiger partial charge on any atom is 0.472 e. The Bertz CT molecular complexity index is 1600. The van der Waals surface area contributed by atoms with Crippen LogP contribution in [0.2, 0.25) is 0 Å². The average Bonchev–Trinajstić information content (AvgIpc) is 3.47. The molecule has 0 aliphatic heterocycles. The van der Waals surface area contributed by atoms with Crippen molar-refractivity contribution >= 4 is 39.5 Å². The maximum absolute atomic E-state index is 13.0. The van der Waals surface area contributed by atoms with Gasteiger partial charge in [0.05, 0.1) is 26.4 Å². The quantitative estimate of drug-likeness (QED) is 0.0222. The second kappa shape index (κ2) is 59.0. The molecule has 0 saturated heterocycles. The van der Waals surface area contributed by atoms with E-state index in [9.17, 15) is 43.2 Å². The lowest BCUT2D eigenvalue weighted by atomic mass is 10.0. The van der Waals surface area contributed by atoms with Gasteiger partial charge in [0.15, 0.2) is 12.2 Å². The summed E-state index contributed by atoms with van der Waals surface area (Å²) in [6.45, 7) is 4.87. The second-order valence-corrected chi connectivity index (χ2v) is 26.1. The summed E-state index contributed by atoms with van der Waals surface area (Å²) in [5, 5.41) is 10.5. The third-order valence-electron chi connectivity index (χ3n) is 14.9. The predicted octanol–water partition coefficient (Wildman–Crippen LogP) is 17.9. The minimum absolute atomic E-state index is 0.106. The first kappa shape index (κ1) is 81.1. The zero-order valence-electron chi connectivity index (χ0n) is 53.2. The topological polar surface area (TPSA) is 237 Å². The fourth-order valence-corrected chi connectivity index (χ4v) is 11.2. The van der Waals surface area contributed by atoms with Crippen LogP contribution in [0.1, 0.15) is 329 Å². The highest BCUT2D eigenvalue weighted by molar-refractivity contribution is 7.47. The number of esters is 4. The molecule has 0 spiro atoms. The molecule has 2 unspecified atom stereocenters. The SMILES string of the molecule is CCCCCCCCCCCCCCCC(=O)O[C@H](COC(=O)CCCCCCCCCCCCCC)COP(=O)(O)OC[C@@H](O)COP(=O)(O)OC[C@@H](COC(=O)CCCCCCCCCCC)OC(=O)CCCCCCCCCCC. The van der Waals surface area contributed by atoms with Crippen molar-refractivity contribution in [2.75, 3.05) is 39.6 Å². The molecule has 19 heteroatoms. The van der Waals surface area contributed by atoms with E-state index in [-0.39, 0.29) is 25.7 Å². The third kappa shape index (κ3) is 58.8.